The molecule has 4 rings (SSSR count). The van der Waals surface area contributed by atoms with Crippen molar-refractivity contribution in [1.82, 2.24) is 0 Å². The number of nitrogens with one attached hydrogen (secondary N) is 1. The molecule has 2 nitrogen and oxygen atoms in total. The predicted molar refractivity (Wildman–Crippen MR) is 98.5 cm³/mol. The molecule has 0 saturated heterocycles. The standard InChI is InChI=1S/C20H17BrF3NO/c1-26-18-8-6-12(21)10-16(18)19-14-4-2-3-13(14)15-9-11(20(22,23)24)5-7-17(15)25-19/h2-3,5-10,13-14,19,25H,4H2,1H3/t13-,14+,19-/m0/s1. The first-order valence-corrected chi connectivity index (χ1v) is 9.15. The summed E-state index contributed by atoms with van der Waals surface area (Å²) < 4.78 is 45.8. The first-order valence-electron chi connectivity index (χ1n) is 8.36. The van der Waals surface area contributed by atoms with Crippen LogP contribution < -0.4 is 10.1 Å². The predicted octanol–water partition coefficient (Wildman–Crippen LogP) is 6.30. The molecule has 1 heterocycles. The zero-order chi connectivity index (χ0) is 18.5. The molecular weight excluding hydrogens is 407 g/mol. The Labute approximate surface area is 158 Å². The highest BCUT2D eigenvalue weighted by Crippen LogP contribution is 2.52. The van der Waals surface area contributed by atoms with Gasteiger partial charge in [0.2, 0.25) is 0 Å². The van der Waals surface area contributed by atoms with Gasteiger partial charge < -0.3 is 10.1 Å². The highest BCUT2D eigenvalue weighted by Gasteiger charge is 2.40. The number of hydrogen-bond donors (Lipinski definition) is 1. The minimum atomic E-state index is -4.34. The maximum absolute atomic E-state index is 13.1. The third kappa shape index (κ3) is 2.90. The summed E-state index contributed by atoms with van der Waals surface area (Å²) in [5.74, 6) is 0.878. The summed E-state index contributed by atoms with van der Waals surface area (Å²) in [5, 5.41) is 3.46. The lowest BCUT2D eigenvalue weighted by atomic mass is 9.76. The topological polar surface area (TPSA) is 21.3 Å². The van der Waals surface area contributed by atoms with Crippen LogP contribution >= 0.6 is 15.9 Å². The molecule has 0 bridgehead atoms. The zero-order valence-electron chi connectivity index (χ0n) is 14.0. The molecule has 1 aliphatic heterocycles. The van der Waals surface area contributed by atoms with Gasteiger partial charge in [0.05, 0.1) is 18.7 Å². The summed E-state index contributed by atoms with van der Waals surface area (Å²) in [7, 11) is 1.63. The Balaban J connectivity index is 1.80. The Bertz CT molecular complexity index is 878. The summed E-state index contributed by atoms with van der Waals surface area (Å²) in [4.78, 5) is 0. The largest absolute Gasteiger partial charge is 0.496 e. The van der Waals surface area contributed by atoms with Crippen molar-refractivity contribution in [3.63, 3.8) is 0 Å². The van der Waals surface area contributed by atoms with Gasteiger partial charge in [-0.3, -0.25) is 0 Å². The van der Waals surface area contributed by atoms with Gasteiger partial charge in [-0.05, 0) is 54.3 Å². The number of halogens is 4. The van der Waals surface area contributed by atoms with Crippen LogP contribution in [0, 0.1) is 5.92 Å². The van der Waals surface area contributed by atoms with Crippen molar-refractivity contribution >= 4 is 21.6 Å². The van der Waals surface area contributed by atoms with Gasteiger partial charge in [-0.15, -0.1) is 0 Å². The normalized spacial score (nSPS) is 24.0. The summed E-state index contributed by atoms with van der Waals surface area (Å²) in [6.07, 6.45) is 0.566. The second kappa shape index (κ2) is 6.34. The molecule has 136 valence electrons. The zero-order valence-corrected chi connectivity index (χ0v) is 15.6. The first-order chi connectivity index (χ1) is 12.4. The molecule has 1 aliphatic carbocycles. The molecule has 26 heavy (non-hydrogen) atoms. The summed E-state index contributed by atoms with van der Waals surface area (Å²) in [6, 6.07) is 9.76. The molecule has 0 fully saturated rings. The fraction of sp³-hybridized carbons (Fsp3) is 0.300. The quantitative estimate of drug-likeness (QED) is 0.571. The molecule has 0 radical (unpaired) electrons. The number of alkyl halides is 3. The van der Waals surface area contributed by atoms with Gasteiger partial charge in [-0.2, -0.15) is 13.2 Å². The van der Waals surface area contributed by atoms with Crippen molar-refractivity contribution in [3.8, 4) is 5.75 Å². The van der Waals surface area contributed by atoms with E-state index in [9.17, 15) is 13.2 Å². The van der Waals surface area contributed by atoms with Crippen LogP contribution in [0.1, 0.15) is 35.1 Å². The average molecular weight is 424 g/mol. The maximum atomic E-state index is 13.1. The summed E-state index contributed by atoms with van der Waals surface area (Å²) in [6.45, 7) is 0. The minimum Gasteiger partial charge on any atom is -0.496 e. The van der Waals surface area contributed by atoms with Crippen molar-refractivity contribution in [3.05, 3.63) is 69.7 Å². The van der Waals surface area contributed by atoms with Crippen LogP contribution in [0.5, 0.6) is 5.75 Å². The fourth-order valence-corrected chi connectivity index (χ4v) is 4.41. The summed E-state index contributed by atoms with van der Waals surface area (Å²) >= 11 is 3.50. The fourth-order valence-electron chi connectivity index (χ4n) is 4.03. The van der Waals surface area contributed by atoms with Crippen molar-refractivity contribution in [1.29, 1.82) is 0 Å². The van der Waals surface area contributed by atoms with E-state index in [2.05, 4.69) is 27.3 Å². The lowest BCUT2D eigenvalue weighted by Gasteiger charge is -2.38. The Hall–Kier alpha value is -1.95. The van der Waals surface area contributed by atoms with Gasteiger partial charge in [0, 0.05) is 21.6 Å². The molecule has 0 saturated carbocycles. The van der Waals surface area contributed by atoms with E-state index in [1.165, 1.54) is 12.1 Å². The van der Waals surface area contributed by atoms with Crippen LogP contribution in [0.2, 0.25) is 0 Å². The number of benzene rings is 2. The van der Waals surface area contributed by atoms with Gasteiger partial charge >= 0.3 is 6.18 Å². The highest BCUT2D eigenvalue weighted by atomic mass is 79.9. The molecule has 0 unspecified atom stereocenters. The maximum Gasteiger partial charge on any atom is 0.416 e. The number of allylic oxidation sites excluding steroid dienone is 2. The van der Waals surface area contributed by atoms with E-state index in [1.54, 1.807) is 7.11 Å². The van der Waals surface area contributed by atoms with Crippen LogP contribution in [0.4, 0.5) is 18.9 Å². The smallest absolute Gasteiger partial charge is 0.416 e. The Kier molecular flexibility index (Phi) is 4.26. The van der Waals surface area contributed by atoms with Gasteiger partial charge in [-0.1, -0.05) is 28.1 Å². The molecule has 6 heteroatoms. The molecule has 0 aromatic heterocycles. The van der Waals surface area contributed by atoms with Crippen molar-refractivity contribution in [2.45, 2.75) is 24.6 Å². The van der Waals surface area contributed by atoms with Crippen LogP contribution in [0.25, 0.3) is 0 Å². The first kappa shape index (κ1) is 17.5. The molecule has 3 atom stereocenters. The van der Waals surface area contributed by atoms with E-state index in [0.29, 0.717) is 5.56 Å². The third-order valence-corrected chi connectivity index (χ3v) is 5.71. The minimum absolute atomic E-state index is 0.0355. The number of rotatable bonds is 2. The van der Waals surface area contributed by atoms with E-state index in [4.69, 9.17) is 4.74 Å². The number of hydrogen-bond acceptors (Lipinski definition) is 2. The molecule has 0 spiro atoms. The van der Waals surface area contributed by atoms with E-state index < -0.39 is 11.7 Å². The lowest BCUT2D eigenvalue weighted by Crippen LogP contribution is -2.29. The molecular formula is C20H17BrF3NO. The highest BCUT2D eigenvalue weighted by molar-refractivity contribution is 9.10. The molecule has 2 aromatic carbocycles. The van der Waals surface area contributed by atoms with Gasteiger partial charge in [0.15, 0.2) is 0 Å². The molecule has 1 N–H and O–H groups in total. The van der Waals surface area contributed by atoms with Crippen molar-refractivity contribution in [2.75, 3.05) is 12.4 Å². The second-order valence-electron chi connectivity index (χ2n) is 6.66. The van der Waals surface area contributed by atoms with E-state index in [0.717, 1.165) is 34.0 Å². The van der Waals surface area contributed by atoms with Crippen molar-refractivity contribution < 1.29 is 17.9 Å². The van der Waals surface area contributed by atoms with E-state index in [-0.39, 0.29) is 17.9 Å². The Morgan fingerprint density at radius 3 is 2.65 bits per heavy atom. The second-order valence-corrected chi connectivity index (χ2v) is 7.58. The van der Waals surface area contributed by atoms with Crippen LogP contribution in [-0.4, -0.2) is 7.11 Å². The van der Waals surface area contributed by atoms with Gasteiger partial charge in [-0.25, -0.2) is 0 Å². The number of ether oxygens (including phenoxy) is 1. The van der Waals surface area contributed by atoms with Crippen LogP contribution in [0.15, 0.2) is 53.0 Å². The van der Waals surface area contributed by atoms with Gasteiger partial charge in [0.1, 0.15) is 5.75 Å². The lowest BCUT2D eigenvalue weighted by molar-refractivity contribution is -0.137. The third-order valence-electron chi connectivity index (χ3n) is 5.22. The monoisotopic (exact) mass is 423 g/mol. The van der Waals surface area contributed by atoms with Crippen LogP contribution in [-0.2, 0) is 6.18 Å². The molecule has 2 aromatic rings. The van der Waals surface area contributed by atoms with E-state index >= 15 is 0 Å². The van der Waals surface area contributed by atoms with E-state index in [1.807, 2.05) is 24.3 Å². The summed E-state index contributed by atoms with van der Waals surface area (Å²) in [5.41, 5.74) is 1.86. The number of anilines is 1. The average Bonchev–Trinajstić information content (AvgIpc) is 3.09. The number of fused-ring (bicyclic) bond motifs is 3. The van der Waals surface area contributed by atoms with Crippen molar-refractivity contribution in [2.24, 2.45) is 5.92 Å². The van der Waals surface area contributed by atoms with Gasteiger partial charge in [0.25, 0.3) is 0 Å². The number of methoxy groups -OCH3 is 1. The molecule has 0 amide bonds. The molecule has 2 aliphatic rings. The SMILES string of the molecule is COc1ccc(Br)cc1[C@H]1Nc2ccc(C(F)(F)F)cc2[C@H]2C=CC[C@H]21. The Morgan fingerprint density at radius 2 is 1.92 bits per heavy atom. The Morgan fingerprint density at radius 1 is 1.12 bits per heavy atom. The van der Waals surface area contributed by atoms with Crippen LogP contribution in [0.3, 0.4) is 0 Å².